The van der Waals surface area contributed by atoms with E-state index >= 15 is 0 Å². The van der Waals surface area contributed by atoms with Gasteiger partial charge in [0.1, 0.15) is 5.57 Å². The number of nitrogens with one attached hydrogen (secondary N) is 2. The van der Waals surface area contributed by atoms with E-state index < -0.39 is 5.91 Å². The summed E-state index contributed by atoms with van der Waals surface area (Å²) in [7, 11) is 2.90. The Morgan fingerprint density at radius 2 is 2.27 bits per heavy atom. The van der Waals surface area contributed by atoms with Crippen molar-refractivity contribution in [1.29, 1.82) is 5.41 Å². The van der Waals surface area contributed by atoms with E-state index in [0.29, 0.717) is 0 Å². The summed E-state index contributed by atoms with van der Waals surface area (Å²) in [4.78, 5) is 10.6. The summed E-state index contributed by atoms with van der Waals surface area (Å²) in [5.74, 6) is -0.932. The van der Waals surface area contributed by atoms with Crippen LogP contribution in [0.2, 0.25) is 0 Å². The summed E-state index contributed by atoms with van der Waals surface area (Å²) in [5, 5.41) is 9.68. The Kier molecular flexibility index (Phi) is 3.72. The van der Waals surface area contributed by atoms with Gasteiger partial charge < -0.3 is 15.8 Å². The molecule has 0 heterocycles. The van der Waals surface area contributed by atoms with Crippen LogP contribution in [0.4, 0.5) is 0 Å². The first-order valence-electron chi connectivity index (χ1n) is 2.93. The topological polar surface area (TPSA) is 88.2 Å². The molecular weight excluding hydrogens is 146 g/mol. The highest BCUT2D eigenvalue weighted by Gasteiger charge is 2.10. The third kappa shape index (κ3) is 2.70. The molecule has 0 aliphatic heterocycles. The predicted octanol–water partition coefficient (Wildman–Crippen LogP) is -0.801. The fourth-order valence-corrected chi connectivity index (χ4v) is 0.503. The van der Waals surface area contributed by atoms with Crippen LogP contribution in [0.25, 0.3) is 0 Å². The van der Waals surface area contributed by atoms with Gasteiger partial charge in [-0.05, 0) is 0 Å². The van der Waals surface area contributed by atoms with E-state index in [9.17, 15) is 4.79 Å². The first-order valence-corrected chi connectivity index (χ1v) is 2.93. The molecular formula is C6H11N3O2. The first kappa shape index (κ1) is 9.48. The van der Waals surface area contributed by atoms with Crippen molar-refractivity contribution in [2.45, 2.75) is 0 Å². The maximum atomic E-state index is 10.6. The largest absolute Gasteiger partial charge is 0.481 e. The molecule has 5 nitrogen and oxygen atoms in total. The Labute approximate surface area is 64.7 Å². The Hall–Kier alpha value is -1.52. The maximum absolute atomic E-state index is 10.6. The molecule has 0 aromatic rings. The van der Waals surface area contributed by atoms with Crippen LogP contribution in [0.3, 0.4) is 0 Å². The highest BCUT2D eigenvalue weighted by molar-refractivity contribution is 6.16. The van der Waals surface area contributed by atoms with E-state index in [0.717, 1.165) is 0 Å². The Morgan fingerprint density at radius 3 is 2.55 bits per heavy atom. The maximum Gasteiger partial charge on any atom is 0.255 e. The predicted molar refractivity (Wildman–Crippen MR) is 41.1 cm³/mol. The molecule has 11 heavy (non-hydrogen) atoms. The third-order valence-corrected chi connectivity index (χ3v) is 1.00. The molecule has 0 spiro atoms. The minimum absolute atomic E-state index is 0.0231. The van der Waals surface area contributed by atoms with Gasteiger partial charge in [-0.25, -0.2) is 0 Å². The van der Waals surface area contributed by atoms with Crippen molar-refractivity contribution in [2.24, 2.45) is 5.73 Å². The molecule has 4 N–H and O–H groups in total. The fraction of sp³-hybridized carbons (Fsp3) is 0.333. The number of carbonyl (C=O) groups excluding carboxylic acids is 1. The van der Waals surface area contributed by atoms with Crippen LogP contribution in [0.15, 0.2) is 11.8 Å². The molecule has 0 aliphatic carbocycles. The van der Waals surface area contributed by atoms with Gasteiger partial charge in [0.25, 0.3) is 5.91 Å². The average molecular weight is 157 g/mol. The standard InChI is InChI=1S/C6H11N3O2/c1-9-3-4(5(7)10)6(8)11-2/h3,8-9H,1-2H3,(H2,7,10)/b4-3-,8-6?. The second-order valence-corrected chi connectivity index (χ2v) is 1.74. The van der Waals surface area contributed by atoms with Crippen molar-refractivity contribution in [3.8, 4) is 0 Å². The lowest BCUT2D eigenvalue weighted by Gasteiger charge is -2.02. The molecule has 0 bridgehead atoms. The van der Waals surface area contributed by atoms with Crippen LogP contribution >= 0.6 is 0 Å². The third-order valence-electron chi connectivity index (χ3n) is 1.00. The van der Waals surface area contributed by atoms with Gasteiger partial charge in [-0.2, -0.15) is 0 Å². The monoisotopic (exact) mass is 157 g/mol. The molecule has 0 aromatic carbocycles. The summed E-state index contributed by atoms with van der Waals surface area (Å²) < 4.78 is 4.50. The number of primary amides is 1. The molecule has 0 radical (unpaired) electrons. The number of hydrogen-bond donors (Lipinski definition) is 3. The Balaban J connectivity index is 4.48. The number of rotatable bonds is 3. The van der Waals surface area contributed by atoms with Crippen molar-refractivity contribution in [3.63, 3.8) is 0 Å². The second-order valence-electron chi connectivity index (χ2n) is 1.74. The van der Waals surface area contributed by atoms with Gasteiger partial charge in [0, 0.05) is 13.2 Å². The van der Waals surface area contributed by atoms with Crippen molar-refractivity contribution in [3.05, 3.63) is 11.8 Å². The van der Waals surface area contributed by atoms with Crippen molar-refractivity contribution in [2.75, 3.05) is 14.2 Å². The van der Waals surface area contributed by atoms with Gasteiger partial charge in [-0.1, -0.05) is 0 Å². The van der Waals surface area contributed by atoms with E-state index in [4.69, 9.17) is 11.1 Å². The molecule has 62 valence electrons. The van der Waals surface area contributed by atoms with Crippen LogP contribution in [0.5, 0.6) is 0 Å². The molecule has 0 saturated carbocycles. The lowest BCUT2D eigenvalue weighted by Crippen LogP contribution is -2.22. The van der Waals surface area contributed by atoms with E-state index in [1.165, 1.54) is 13.3 Å². The van der Waals surface area contributed by atoms with E-state index in [1.54, 1.807) is 7.05 Å². The molecule has 0 rings (SSSR count). The molecule has 1 amide bonds. The fourth-order valence-electron chi connectivity index (χ4n) is 0.503. The molecule has 0 unspecified atom stereocenters. The highest BCUT2D eigenvalue weighted by atomic mass is 16.5. The number of ether oxygens (including phenoxy) is 1. The van der Waals surface area contributed by atoms with E-state index in [2.05, 4.69) is 10.1 Å². The quantitative estimate of drug-likeness (QED) is 0.284. The minimum Gasteiger partial charge on any atom is -0.481 e. The zero-order valence-electron chi connectivity index (χ0n) is 6.47. The number of methoxy groups -OCH3 is 1. The normalized spacial score (nSPS) is 10.5. The number of nitrogens with two attached hydrogens (primary N) is 1. The zero-order chi connectivity index (χ0) is 8.85. The van der Waals surface area contributed by atoms with Gasteiger partial charge in [0.15, 0.2) is 0 Å². The smallest absolute Gasteiger partial charge is 0.255 e. The molecule has 0 aliphatic rings. The van der Waals surface area contributed by atoms with Crippen LogP contribution in [-0.4, -0.2) is 26.0 Å². The highest BCUT2D eigenvalue weighted by Crippen LogP contribution is 1.93. The van der Waals surface area contributed by atoms with E-state index in [-0.39, 0.29) is 11.5 Å². The number of carbonyl (C=O) groups is 1. The van der Waals surface area contributed by atoms with Crippen LogP contribution < -0.4 is 11.1 Å². The van der Waals surface area contributed by atoms with Crippen LogP contribution in [-0.2, 0) is 9.53 Å². The zero-order valence-corrected chi connectivity index (χ0v) is 6.47. The lowest BCUT2D eigenvalue weighted by atomic mass is 10.3. The number of hydrogen-bond acceptors (Lipinski definition) is 4. The summed E-state index contributed by atoms with van der Waals surface area (Å²) in [6, 6.07) is 0. The number of amides is 1. The molecule has 0 atom stereocenters. The summed E-state index contributed by atoms with van der Waals surface area (Å²) >= 11 is 0. The molecule has 0 fully saturated rings. The van der Waals surface area contributed by atoms with E-state index in [1.807, 2.05) is 0 Å². The summed E-state index contributed by atoms with van der Waals surface area (Å²) in [6.45, 7) is 0. The summed E-state index contributed by atoms with van der Waals surface area (Å²) in [5.41, 5.74) is 4.95. The van der Waals surface area contributed by atoms with Gasteiger partial charge in [0.05, 0.1) is 7.11 Å². The van der Waals surface area contributed by atoms with Gasteiger partial charge in [0.2, 0.25) is 5.90 Å². The SMILES string of the molecule is CN/C=C(\C(=N)OC)C(N)=O. The Bertz CT molecular complexity index is 198. The Morgan fingerprint density at radius 1 is 1.73 bits per heavy atom. The van der Waals surface area contributed by atoms with Gasteiger partial charge in [-0.15, -0.1) is 0 Å². The van der Waals surface area contributed by atoms with Crippen molar-refractivity contribution >= 4 is 11.8 Å². The van der Waals surface area contributed by atoms with Crippen LogP contribution in [0, 0.1) is 5.41 Å². The molecule has 5 heteroatoms. The van der Waals surface area contributed by atoms with Crippen molar-refractivity contribution in [1.82, 2.24) is 5.32 Å². The minimum atomic E-state index is -0.689. The lowest BCUT2D eigenvalue weighted by molar-refractivity contribution is -0.114. The summed E-state index contributed by atoms with van der Waals surface area (Å²) in [6.07, 6.45) is 1.31. The second kappa shape index (κ2) is 4.32. The molecule has 0 saturated heterocycles. The van der Waals surface area contributed by atoms with Crippen LogP contribution in [0.1, 0.15) is 0 Å². The van der Waals surface area contributed by atoms with Gasteiger partial charge in [-0.3, -0.25) is 10.2 Å². The average Bonchev–Trinajstić information content (AvgIpc) is 1.98. The van der Waals surface area contributed by atoms with Crippen molar-refractivity contribution < 1.29 is 9.53 Å². The molecule has 0 aromatic heterocycles. The van der Waals surface area contributed by atoms with Gasteiger partial charge >= 0.3 is 0 Å². The first-order chi connectivity index (χ1) is 5.13.